The van der Waals surface area contributed by atoms with Crippen LogP contribution in [0, 0.1) is 10.5 Å². The van der Waals surface area contributed by atoms with Gasteiger partial charge in [-0.25, -0.2) is 9.79 Å². The smallest absolute Gasteiger partial charge is 0.402 e. The van der Waals surface area contributed by atoms with Crippen molar-refractivity contribution in [3.63, 3.8) is 0 Å². The van der Waals surface area contributed by atoms with E-state index in [2.05, 4.69) is 27.6 Å². The molecule has 0 saturated carbocycles. The maximum absolute atomic E-state index is 12.6. The highest BCUT2D eigenvalue weighted by molar-refractivity contribution is 14.1. The molecule has 3 nitrogen and oxygen atoms in total. The van der Waals surface area contributed by atoms with Gasteiger partial charge in [-0.1, -0.05) is 18.2 Å². The van der Waals surface area contributed by atoms with Crippen LogP contribution in [0.4, 0.5) is 13.2 Å². The molecule has 0 fully saturated rings. The number of rotatable bonds is 2. The van der Waals surface area contributed by atoms with Crippen LogP contribution in [-0.2, 0) is 15.7 Å². The second-order valence-electron chi connectivity index (χ2n) is 5.42. The van der Waals surface area contributed by atoms with Crippen LogP contribution >= 0.6 is 22.6 Å². The Bertz CT molecular complexity index is 900. The van der Waals surface area contributed by atoms with E-state index in [9.17, 15) is 18.0 Å². The van der Waals surface area contributed by atoms with E-state index >= 15 is 0 Å². The Labute approximate surface area is 155 Å². The first-order valence-corrected chi connectivity index (χ1v) is 8.28. The molecule has 128 valence electrons. The first kappa shape index (κ1) is 17.7. The minimum atomic E-state index is -4.40. The third-order valence-electron chi connectivity index (χ3n) is 3.58. The third kappa shape index (κ3) is 3.92. The molecule has 0 spiro atoms. The molecule has 1 heterocycles. The van der Waals surface area contributed by atoms with Gasteiger partial charge in [0.1, 0.15) is 0 Å². The van der Waals surface area contributed by atoms with Gasteiger partial charge in [0.15, 0.2) is 5.70 Å². The molecule has 0 aromatic heterocycles. The Hall–Kier alpha value is -2.16. The van der Waals surface area contributed by atoms with Crippen LogP contribution in [0.3, 0.4) is 0 Å². The lowest BCUT2D eigenvalue weighted by atomic mass is 10.1. The number of aryl methyl sites for hydroxylation is 1. The zero-order valence-electron chi connectivity index (χ0n) is 12.9. The minimum absolute atomic E-state index is 0.0466. The van der Waals surface area contributed by atoms with Gasteiger partial charge in [-0.3, -0.25) is 0 Å². The Kier molecular flexibility index (Phi) is 4.68. The van der Waals surface area contributed by atoms with Crippen LogP contribution in [-0.4, -0.2) is 11.9 Å². The Morgan fingerprint density at radius 3 is 2.40 bits per heavy atom. The van der Waals surface area contributed by atoms with Crippen molar-refractivity contribution in [3.05, 3.63) is 74.0 Å². The van der Waals surface area contributed by atoms with Gasteiger partial charge in [0.2, 0.25) is 5.90 Å². The van der Waals surface area contributed by atoms with Gasteiger partial charge in [-0.2, -0.15) is 13.2 Å². The number of hydrogen-bond donors (Lipinski definition) is 0. The average molecular weight is 457 g/mol. The van der Waals surface area contributed by atoms with E-state index in [-0.39, 0.29) is 11.6 Å². The van der Waals surface area contributed by atoms with Gasteiger partial charge < -0.3 is 4.74 Å². The summed E-state index contributed by atoms with van der Waals surface area (Å²) in [5, 5.41) is 0. The molecular weight excluding hydrogens is 446 g/mol. The van der Waals surface area contributed by atoms with Gasteiger partial charge >= 0.3 is 12.1 Å². The minimum Gasteiger partial charge on any atom is -0.402 e. The Morgan fingerprint density at radius 1 is 1.12 bits per heavy atom. The highest BCUT2D eigenvalue weighted by atomic mass is 127. The molecule has 0 unspecified atom stereocenters. The van der Waals surface area contributed by atoms with Crippen LogP contribution < -0.4 is 0 Å². The lowest BCUT2D eigenvalue weighted by Crippen LogP contribution is -2.06. The molecule has 0 radical (unpaired) electrons. The number of alkyl halides is 3. The van der Waals surface area contributed by atoms with Crippen LogP contribution in [0.2, 0.25) is 0 Å². The van der Waals surface area contributed by atoms with Gasteiger partial charge in [-0.15, -0.1) is 0 Å². The van der Waals surface area contributed by atoms with Crippen molar-refractivity contribution in [3.8, 4) is 0 Å². The summed E-state index contributed by atoms with van der Waals surface area (Å²) in [5.74, 6) is -0.452. The molecule has 0 amide bonds. The molecule has 0 bridgehead atoms. The van der Waals surface area contributed by atoms with E-state index in [1.807, 2.05) is 19.1 Å². The molecule has 1 aliphatic rings. The topological polar surface area (TPSA) is 38.7 Å². The van der Waals surface area contributed by atoms with Gasteiger partial charge in [-0.05, 0) is 71.0 Å². The van der Waals surface area contributed by atoms with Crippen LogP contribution in [0.25, 0.3) is 6.08 Å². The molecule has 25 heavy (non-hydrogen) atoms. The summed E-state index contributed by atoms with van der Waals surface area (Å²) in [6.45, 7) is 1.96. The van der Waals surface area contributed by atoms with E-state index in [1.165, 1.54) is 18.2 Å². The number of esters is 1. The normalized spacial score (nSPS) is 16.1. The number of carbonyl (C=O) groups excluding carboxylic acids is 1. The van der Waals surface area contributed by atoms with E-state index in [0.717, 1.165) is 21.3 Å². The molecule has 7 heteroatoms. The van der Waals surface area contributed by atoms with Crippen LogP contribution in [0.1, 0.15) is 22.3 Å². The van der Waals surface area contributed by atoms with Crippen molar-refractivity contribution in [2.45, 2.75) is 13.1 Å². The average Bonchev–Trinajstić information content (AvgIpc) is 2.91. The van der Waals surface area contributed by atoms with Crippen LogP contribution in [0.15, 0.2) is 53.2 Å². The largest absolute Gasteiger partial charge is 0.416 e. The van der Waals surface area contributed by atoms with Crippen molar-refractivity contribution >= 4 is 40.5 Å². The zero-order chi connectivity index (χ0) is 18.2. The molecule has 0 atom stereocenters. The number of cyclic esters (lactones) is 1. The number of ether oxygens (including phenoxy) is 1. The molecule has 0 saturated heterocycles. The quantitative estimate of drug-likeness (QED) is 0.363. The zero-order valence-corrected chi connectivity index (χ0v) is 15.1. The highest BCUT2D eigenvalue weighted by Gasteiger charge is 2.30. The summed E-state index contributed by atoms with van der Waals surface area (Å²) in [7, 11) is 0. The van der Waals surface area contributed by atoms with Crippen molar-refractivity contribution in [1.29, 1.82) is 0 Å². The second-order valence-corrected chi connectivity index (χ2v) is 6.58. The lowest BCUT2D eigenvalue weighted by Gasteiger charge is -2.05. The number of hydrogen-bond acceptors (Lipinski definition) is 3. The summed E-state index contributed by atoms with van der Waals surface area (Å²) >= 11 is 2.17. The number of benzene rings is 2. The Morgan fingerprint density at radius 2 is 1.80 bits per heavy atom. The fourth-order valence-electron chi connectivity index (χ4n) is 2.18. The number of aliphatic imine (C=N–C) groups is 1. The predicted molar refractivity (Wildman–Crippen MR) is 95.9 cm³/mol. The highest BCUT2D eigenvalue weighted by Crippen LogP contribution is 2.29. The lowest BCUT2D eigenvalue weighted by molar-refractivity contribution is -0.137. The molecule has 0 N–H and O–H groups in total. The molecule has 0 aliphatic carbocycles. The van der Waals surface area contributed by atoms with Crippen molar-refractivity contribution in [1.82, 2.24) is 0 Å². The van der Waals surface area contributed by atoms with E-state index in [0.29, 0.717) is 11.1 Å². The summed E-state index contributed by atoms with van der Waals surface area (Å²) in [5.41, 5.74) is 1.49. The van der Waals surface area contributed by atoms with Crippen molar-refractivity contribution in [2.24, 2.45) is 4.99 Å². The summed E-state index contributed by atoms with van der Waals surface area (Å²) < 4.78 is 43.9. The van der Waals surface area contributed by atoms with Crippen molar-refractivity contribution in [2.75, 3.05) is 0 Å². The van der Waals surface area contributed by atoms with Crippen molar-refractivity contribution < 1.29 is 22.7 Å². The van der Waals surface area contributed by atoms with E-state index in [4.69, 9.17) is 4.74 Å². The molecule has 3 rings (SSSR count). The fourth-order valence-corrected chi connectivity index (χ4v) is 2.70. The maximum Gasteiger partial charge on any atom is 0.416 e. The first-order valence-electron chi connectivity index (χ1n) is 7.20. The molecular formula is C18H11F3INO2. The Balaban J connectivity index is 1.89. The molecule has 2 aromatic carbocycles. The first-order chi connectivity index (χ1) is 11.7. The monoisotopic (exact) mass is 457 g/mol. The third-order valence-corrected chi connectivity index (χ3v) is 4.74. The van der Waals surface area contributed by atoms with E-state index < -0.39 is 17.7 Å². The second kappa shape index (κ2) is 6.62. The van der Waals surface area contributed by atoms with E-state index in [1.54, 1.807) is 6.07 Å². The van der Waals surface area contributed by atoms with Gasteiger partial charge in [0, 0.05) is 9.13 Å². The number of halogens is 4. The summed E-state index contributed by atoms with van der Waals surface area (Å²) in [6.07, 6.45) is -3.00. The maximum atomic E-state index is 12.6. The number of nitrogens with zero attached hydrogens (tertiary/aromatic N) is 1. The summed E-state index contributed by atoms with van der Waals surface area (Å²) in [4.78, 5) is 16.1. The summed E-state index contributed by atoms with van der Waals surface area (Å²) in [6, 6.07) is 10.0. The molecule has 2 aromatic rings. The standard InChI is InChI=1S/C18H11F3INO2/c1-10-2-5-12(9-14(10)22)16-23-15(17(24)25-16)8-11-3-6-13(7-4-11)18(19,20)21/h2-9H,1H3/b15-8-. The molecule has 1 aliphatic heterocycles. The predicted octanol–water partition coefficient (Wildman–Crippen LogP) is 4.96. The van der Waals surface area contributed by atoms with Crippen LogP contribution in [0.5, 0.6) is 0 Å². The van der Waals surface area contributed by atoms with Gasteiger partial charge in [0.25, 0.3) is 0 Å². The SMILES string of the molecule is Cc1ccc(C2=N/C(=C\c3ccc(C(F)(F)F)cc3)C(=O)O2)cc1I. The number of carbonyl (C=O) groups is 1. The van der Waals surface area contributed by atoms with Gasteiger partial charge in [0.05, 0.1) is 5.56 Å². The fraction of sp³-hybridized carbons (Fsp3) is 0.111.